The van der Waals surface area contributed by atoms with Crippen molar-refractivity contribution in [2.75, 3.05) is 7.05 Å². The molecule has 0 radical (unpaired) electrons. The van der Waals surface area contributed by atoms with Crippen molar-refractivity contribution >= 4 is 11.7 Å². The van der Waals surface area contributed by atoms with Gasteiger partial charge in [0.15, 0.2) is 7.05 Å². The van der Waals surface area contributed by atoms with Gasteiger partial charge < -0.3 is 10.8 Å². The number of hydrogen-bond donors (Lipinski definition) is 2. The van der Waals surface area contributed by atoms with Crippen LogP contribution in [0.4, 0.5) is 5.69 Å². The van der Waals surface area contributed by atoms with Gasteiger partial charge in [-0.2, -0.15) is 0 Å². The van der Waals surface area contributed by atoms with E-state index in [9.17, 15) is 9.70 Å². The Balaban J connectivity index is 2.72. The zero-order chi connectivity index (χ0) is 11.4. The Labute approximate surface area is 87.1 Å². The fourth-order valence-electron chi connectivity index (χ4n) is 1.18. The van der Waals surface area contributed by atoms with E-state index in [-0.39, 0.29) is 6.42 Å². The summed E-state index contributed by atoms with van der Waals surface area (Å²) in [4.78, 5) is 21.4. The molecule has 0 spiro atoms. The third-order valence-electron chi connectivity index (χ3n) is 2.07. The molecule has 1 aromatic rings. The van der Waals surface area contributed by atoms with E-state index in [4.69, 9.17) is 10.8 Å². The Hall–Kier alpha value is -1.75. The first kappa shape index (κ1) is 11.3. The number of rotatable bonds is 4. The normalized spacial score (nSPS) is 12.1. The van der Waals surface area contributed by atoms with Gasteiger partial charge in [0.05, 0.1) is 0 Å². The van der Waals surface area contributed by atoms with E-state index in [2.05, 4.69) is 0 Å². The van der Waals surface area contributed by atoms with Gasteiger partial charge in [-0.15, -0.1) is 0 Å². The number of nitrogens with two attached hydrogens (primary N) is 1. The van der Waals surface area contributed by atoms with Crippen LogP contribution in [0.2, 0.25) is 0 Å². The number of nitroso groups, excluding NO2 is 1. The molecular weight excluding hydrogens is 196 g/mol. The van der Waals surface area contributed by atoms with E-state index in [0.29, 0.717) is 5.69 Å². The minimum atomic E-state index is -1.03. The molecule has 0 aliphatic rings. The Bertz CT molecular complexity index is 373. The molecule has 0 aliphatic carbocycles. The lowest BCUT2D eigenvalue weighted by Gasteiger charge is -2.05. The molecule has 15 heavy (non-hydrogen) atoms. The second-order valence-corrected chi connectivity index (χ2v) is 3.31. The highest BCUT2D eigenvalue weighted by molar-refractivity contribution is 5.73. The Morgan fingerprint density at radius 3 is 2.40 bits per heavy atom. The predicted molar refractivity (Wildman–Crippen MR) is 55.0 cm³/mol. The fourth-order valence-corrected chi connectivity index (χ4v) is 1.18. The zero-order valence-corrected chi connectivity index (χ0v) is 8.38. The van der Waals surface area contributed by atoms with Crippen molar-refractivity contribution in [1.82, 2.24) is 0 Å². The number of nitrogens with zero attached hydrogens (tertiary/aromatic N) is 1. The molecule has 0 unspecified atom stereocenters. The van der Waals surface area contributed by atoms with Crippen LogP contribution in [0.15, 0.2) is 24.3 Å². The maximum absolute atomic E-state index is 10.9. The van der Waals surface area contributed by atoms with Gasteiger partial charge in [0, 0.05) is 21.8 Å². The van der Waals surface area contributed by atoms with Crippen LogP contribution in [0, 0.1) is 4.91 Å². The molecule has 0 heterocycles. The van der Waals surface area contributed by atoms with Crippen molar-refractivity contribution < 1.29 is 14.7 Å². The predicted octanol–water partition coefficient (Wildman–Crippen LogP) is 0.681. The van der Waals surface area contributed by atoms with Gasteiger partial charge in [-0.25, -0.2) is 0 Å². The van der Waals surface area contributed by atoms with Gasteiger partial charge >= 0.3 is 5.97 Å². The van der Waals surface area contributed by atoms with Crippen molar-refractivity contribution in [3.05, 3.63) is 34.7 Å². The molecule has 0 bridgehead atoms. The van der Waals surface area contributed by atoms with Crippen LogP contribution in [0.3, 0.4) is 0 Å². The monoisotopic (exact) mass is 209 g/mol. The van der Waals surface area contributed by atoms with Crippen LogP contribution in [0.5, 0.6) is 0 Å². The minimum Gasteiger partial charge on any atom is -0.480 e. The first-order valence-electron chi connectivity index (χ1n) is 4.49. The van der Waals surface area contributed by atoms with Crippen molar-refractivity contribution in [2.45, 2.75) is 12.5 Å². The molecule has 0 saturated carbocycles. The molecular formula is C10H13N2O3+. The van der Waals surface area contributed by atoms with Crippen molar-refractivity contribution in [3.63, 3.8) is 0 Å². The van der Waals surface area contributed by atoms with Crippen LogP contribution >= 0.6 is 0 Å². The first-order valence-corrected chi connectivity index (χ1v) is 4.49. The summed E-state index contributed by atoms with van der Waals surface area (Å²) >= 11 is 0. The summed E-state index contributed by atoms with van der Waals surface area (Å²) in [6, 6.07) is 5.77. The largest absolute Gasteiger partial charge is 0.480 e. The number of aliphatic carboxylic acids is 1. The SMILES string of the molecule is C[N+](=O)c1ccc(C[C@H](N)C(=O)O)cc1. The van der Waals surface area contributed by atoms with Gasteiger partial charge in [-0.1, -0.05) is 12.1 Å². The van der Waals surface area contributed by atoms with E-state index >= 15 is 0 Å². The molecule has 0 saturated heterocycles. The third-order valence-corrected chi connectivity index (χ3v) is 2.07. The smallest absolute Gasteiger partial charge is 0.320 e. The number of carboxylic acid groups (broad SMARTS) is 1. The van der Waals surface area contributed by atoms with E-state index in [0.717, 1.165) is 10.3 Å². The lowest BCUT2D eigenvalue weighted by Crippen LogP contribution is -2.32. The molecule has 0 amide bonds. The third kappa shape index (κ3) is 3.14. The molecule has 3 N–H and O–H groups in total. The van der Waals surface area contributed by atoms with Crippen molar-refractivity contribution in [1.29, 1.82) is 0 Å². The molecule has 0 aliphatic heterocycles. The summed E-state index contributed by atoms with van der Waals surface area (Å²) < 4.78 is 0.737. The lowest BCUT2D eigenvalue weighted by atomic mass is 10.1. The second-order valence-electron chi connectivity index (χ2n) is 3.31. The highest BCUT2D eigenvalue weighted by Gasteiger charge is 2.13. The Kier molecular flexibility index (Phi) is 3.51. The molecule has 0 aromatic heterocycles. The second kappa shape index (κ2) is 4.65. The average molecular weight is 209 g/mol. The molecule has 0 fully saturated rings. The summed E-state index contributed by atoms with van der Waals surface area (Å²) in [5, 5.41) is 8.60. The highest BCUT2D eigenvalue weighted by atomic mass is 16.4. The molecule has 80 valence electrons. The number of benzene rings is 1. The summed E-state index contributed by atoms with van der Waals surface area (Å²) in [5.41, 5.74) is 6.71. The van der Waals surface area contributed by atoms with Gasteiger partial charge in [-0.05, 0) is 12.0 Å². The van der Waals surface area contributed by atoms with Gasteiger partial charge in [-0.3, -0.25) is 4.79 Å². The maximum atomic E-state index is 10.9. The number of carboxylic acids is 1. The molecule has 5 nitrogen and oxygen atoms in total. The molecule has 1 atom stereocenters. The summed E-state index contributed by atoms with van der Waals surface area (Å²) in [7, 11) is 1.40. The average Bonchev–Trinajstić information content (AvgIpc) is 2.18. The number of hydrogen-bond acceptors (Lipinski definition) is 3. The topological polar surface area (TPSA) is 83.4 Å². The van der Waals surface area contributed by atoms with E-state index in [1.165, 1.54) is 7.05 Å². The summed E-state index contributed by atoms with van der Waals surface area (Å²) in [6.07, 6.45) is 0.262. The van der Waals surface area contributed by atoms with Crippen molar-refractivity contribution in [2.24, 2.45) is 5.73 Å². The van der Waals surface area contributed by atoms with E-state index < -0.39 is 12.0 Å². The van der Waals surface area contributed by atoms with Gasteiger partial charge in [0.1, 0.15) is 6.04 Å². The van der Waals surface area contributed by atoms with E-state index in [1.807, 2.05) is 0 Å². The van der Waals surface area contributed by atoms with Crippen LogP contribution in [0.25, 0.3) is 0 Å². The van der Waals surface area contributed by atoms with Gasteiger partial charge in [0.25, 0.3) is 5.69 Å². The quantitative estimate of drug-likeness (QED) is 0.714. The van der Waals surface area contributed by atoms with Crippen LogP contribution < -0.4 is 5.73 Å². The van der Waals surface area contributed by atoms with E-state index in [1.54, 1.807) is 24.3 Å². The van der Waals surface area contributed by atoms with Crippen molar-refractivity contribution in [3.8, 4) is 0 Å². The van der Waals surface area contributed by atoms with Crippen LogP contribution in [-0.2, 0) is 11.2 Å². The van der Waals surface area contributed by atoms with Crippen LogP contribution in [0.1, 0.15) is 5.56 Å². The summed E-state index contributed by atoms with van der Waals surface area (Å²) in [5.74, 6) is -1.03. The Morgan fingerprint density at radius 1 is 1.47 bits per heavy atom. The summed E-state index contributed by atoms with van der Waals surface area (Å²) in [6.45, 7) is 0. The molecule has 1 aromatic carbocycles. The lowest BCUT2D eigenvalue weighted by molar-refractivity contribution is -0.428. The first-order chi connectivity index (χ1) is 7.00. The minimum absolute atomic E-state index is 0.262. The Morgan fingerprint density at radius 2 is 2.00 bits per heavy atom. The van der Waals surface area contributed by atoms with Crippen LogP contribution in [-0.4, -0.2) is 28.9 Å². The maximum Gasteiger partial charge on any atom is 0.320 e. The molecule has 1 rings (SSSR count). The zero-order valence-electron chi connectivity index (χ0n) is 8.38. The highest BCUT2D eigenvalue weighted by Crippen LogP contribution is 2.12. The van der Waals surface area contributed by atoms with Gasteiger partial charge in [0.2, 0.25) is 0 Å². The standard InChI is InChI=1S/C10H12N2O3/c1-12(15)8-4-2-7(3-5-8)6-9(11)10(13)14/h2-5,9H,6,11H2,1H3/p+1/t9-/m0/s1. The fraction of sp³-hybridized carbons (Fsp3) is 0.300. The molecule has 5 heteroatoms. The number of carbonyl (C=O) groups is 1.